The molecule has 21 heavy (non-hydrogen) atoms. The molecule has 1 heterocycles. The lowest BCUT2D eigenvalue weighted by Crippen LogP contribution is -2.36. The Kier molecular flexibility index (Phi) is 7.30. The Morgan fingerprint density at radius 1 is 1.38 bits per heavy atom. The largest absolute Gasteiger partial charge is 0.380 e. The molecule has 0 aliphatic heterocycles. The summed E-state index contributed by atoms with van der Waals surface area (Å²) < 4.78 is 32.6. The minimum absolute atomic E-state index is 0.0620. The topological polar surface area (TPSA) is 96.1 Å². The van der Waals surface area contributed by atoms with Crippen LogP contribution in [0.5, 0.6) is 0 Å². The second-order valence-corrected chi connectivity index (χ2v) is 6.62. The predicted molar refractivity (Wildman–Crippen MR) is 81.6 cm³/mol. The fourth-order valence-corrected chi connectivity index (χ4v) is 3.32. The van der Waals surface area contributed by atoms with E-state index in [1.165, 1.54) is 0 Å². The smallest absolute Gasteiger partial charge is 0.260 e. The summed E-state index contributed by atoms with van der Waals surface area (Å²) in [5.41, 5.74) is 1.44. The number of aromatic amines is 1. The molecule has 0 aliphatic carbocycles. The molecular formula is C13H26N4O3S. The van der Waals surface area contributed by atoms with Gasteiger partial charge in [0.2, 0.25) is 0 Å². The van der Waals surface area contributed by atoms with E-state index in [1.54, 1.807) is 6.92 Å². The highest BCUT2D eigenvalue weighted by Gasteiger charge is 2.25. The first-order valence-electron chi connectivity index (χ1n) is 7.27. The van der Waals surface area contributed by atoms with E-state index < -0.39 is 10.0 Å². The third-order valence-electron chi connectivity index (χ3n) is 2.95. The van der Waals surface area contributed by atoms with Crippen LogP contribution in [-0.2, 0) is 21.3 Å². The zero-order valence-electron chi connectivity index (χ0n) is 13.2. The van der Waals surface area contributed by atoms with Crippen molar-refractivity contribution in [1.82, 2.24) is 20.2 Å². The quantitative estimate of drug-likeness (QED) is 0.558. The molecule has 0 radical (unpaired) electrons. The van der Waals surface area contributed by atoms with Gasteiger partial charge in [0.25, 0.3) is 10.0 Å². The number of aryl methyl sites for hydroxylation is 1. The van der Waals surface area contributed by atoms with Gasteiger partial charge in [-0.1, -0.05) is 6.92 Å². The average Bonchev–Trinajstić information content (AvgIpc) is 2.78. The van der Waals surface area contributed by atoms with Crippen LogP contribution >= 0.6 is 0 Å². The Balaban J connectivity index is 2.82. The van der Waals surface area contributed by atoms with E-state index in [4.69, 9.17) is 4.74 Å². The molecule has 0 saturated carbocycles. The summed E-state index contributed by atoms with van der Waals surface area (Å²) in [4.78, 5) is 0. The molecule has 1 rings (SSSR count). The minimum Gasteiger partial charge on any atom is -0.380 e. The van der Waals surface area contributed by atoms with Crippen LogP contribution in [-0.4, -0.2) is 44.4 Å². The monoisotopic (exact) mass is 318 g/mol. The second-order valence-electron chi connectivity index (χ2n) is 4.99. The summed E-state index contributed by atoms with van der Waals surface area (Å²) in [6.45, 7) is 9.72. The number of aromatic nitrogens is 2. The van der Waals surface area contributed by atoms with Gasteiger partial charge in [-0.2, -0.15) is 5.10 Å². The zero-order chi connectivity index (χ0) is 15.9. The van der Waals surface area contributed by atoms with Crippen LogP contribution in [0.1, 0.15) is 38.4 Å². The van der Waals surface area contributed by atoms with Crippen molar-refractivity contribution in [3.8, 4) is 0 Å². The van der Waals surface area contributed by atoms with Crippen molar-refractivity contribution < 1.29 is 13.2 Å². The molecule has 1 aromatic rings. The maximum absolute atomic E-state index is 12.4. The molecule has 0 aromatic carbocycles. The van der Waals surface area contributed by atoms with E-state index in [2.05, 4.69) is 27.2 Å². The minimum atomic E-state index is -3.65. The maximum Gasteiger partial charge on any atom is 0.260 e. The SMILES string of the molecule is CCCNCc1c(S(=O)(=O)NC(C)COCC)n[nH]c1C. The molecule has 122 valence electrons. The molecule has 1 unspecified atom stereocenters. The van der Waals surface area contributed by atoms with Crippen LogP contribution in [0.15, 0.2) is 5.03 Å². The molecule has 0 amide bonds. The first-order chi connectivity index (χ1) is 9.92. The number of hydrogen-bond acceptors (Lipinski definition) is 5. The Morgan fingerprint density at radius 3 is 2.71 bits per heavy atom. The Bertz CT molecular complexity index is 528. The van der Waals surface area contributed by atoms with Crippen molar-refractivity contribution in [2.75, 3.05) is 19.8 Å². The van der Waals surface area contributed by atoms with Gasteiger partial charge in [0, 0.05) is 30.5 Å². The first kappa shape index (κ1) is 18.1. The molecular weight excluding hydrogens is 292 g/mol. The highest BCUT2D eigenvalue weighted by atomic mass is 32.2. The van der Waals surface area contributed by atoms with Crippen molar-refractivity contribution in [2.24, 2.45) is 0 Å². The normalized spacial score (nSPS) is 13.5. The average molecular weight is 318 g/mol. The highest BCUT2D eigenvalue weighted by Crippen LogP contribution is 2.16. The maximum atomic E-state index is 12.4. The molecule has 0 fully saturated rings. The summed E-state index contributed by atoms with van der Waals surface area (Å²) in [5.74, 6) is 0. The van der Waals surface area contributed by atoms with Crippen LogP contribution in [0.4, 0.5) is 0 Å². The second kappa shape index (κ2) is 8.47. The van der Waals surface area contributed by atoms with Crippen molar-refractivity contribution in [3.05, 3.63) is 11.3 Å². The Labute approximate surface area is 126 Å². The molecule has 0 aliphatic rings. The molecule has 0 bridgehead atoms. The van der Waals surface area contributed by atoms with E-state index >= 15 is 0 Å². The Hall–Kier alpha value is -0.960. The van der Waals surface area contributed by atoms with Crippen LogP contribution in [0.2, 0.25) is 0 Å². The van der Waals surface area contributed by atoms with E-state index in [-0.39, 0.29) is 11.1 Å². The van der Waals surface area contributed by atoms with Crippen LogP contribution in [0, 0.1) is 6.92 Å². The van der Waals surface area contributed by atoms with Crippen molar-refractivity contribution >= 4 is 10.0 Å². The lowest BCUT2D eigenvalue weighted by atomic mass is 10.2. The van der Waals surface area contributed by atoms with E-state index in [0.717, 1.165) is 18.7 Å². The van der Waals surface area contributed by atoms with Gasteiger partial charge < -0.3 is 10.1 Å². The number of sulfonamides is 1. The van der Waals surface area contributed by atoms with Gasteiger partial charge in [0.1, 0.15) is 0 Å². The molecule has 3 N–H and O–H groups in total. The molecule has 1 atom stereocenters. The molecule has 8 heteroatoms. The van der Waals surface area contributed by atoms with Crippen LogP contribution < -0.4 is 10.0 Å². The van der Waals surface area contributed by atoms with Crippen molar-refractivity contribution in [3.63, 3.8) is 0 Å². The van der Waals surface area contributed by atoms with Gasteiger partial charge in [-0.05, 0) is 33.7 Å². The number of nitrogens with zero attached hydrogens (tertiary/aromatic N) is 1. The highest BCUT2D eigenvalue weighted by molar-refractivity contribution is 7.89. The van der Waals surface area contributed by atoms with Gasteiger partial charge >= 0.3 is 0 Å². The van der Waals surface area contributed by atoms with Crippen LogP contribution in [0.3, 0.4) is 0 Å². The number of H-pyrrole nitrogens is 1. The van der Waals surface area contributed by atoms with E-state index in [0.29, 0.717) is 25.3 Å². The lowest BCUT2D eigenvalue weighted by molar-refractivity contribution is 0.133. The van der Waals surface area contributed by atoms with Crippen LogP contribution in [0.25, 0.3) is 0 Å². The Morgan fingerprint density at radius 2 is 2.10 bits per heavy atom. The zero-order valence-corrected chi connectivity index (χ0v) is 14.0. The fraction of sp³-hybridized carbons (Fsp3) is 0.769. The van der Waals surface area contributed by atoms with Gasteiger partial charge in [0.05, 0.1) is 6.61 Å². The van der Waals surface area contributed by atoms with Gasteiger partial charge in [-0.3, -0.25) is 5.10 Å². The summed E-state index contributed by atoms with van der Waals surface area (Å²) >= 11 is 0. The molecule has 0 saturated heterocycles. The molecule has 0 spiro atoms. The van der Waals surface area contributed by atoms with Crippen molar-refractivity contribution in [1.29, 1.82) is 0 Å². The van der Waals surface area contributed by atoms with Gasteiger partial charge in [-0.15, -0.1) is 0 Å². The summed E-state index contributed by atoms with van der Waals surface area (Å²) in [5, 5.41) is 9.95. The lowest BCUT2D eigenvalue weighted by Gasteiger charge is -2.14. The summed E-state index contributed by atoms with van der Waals surface area (Å²) in [6, 6.07) is -0.302. The first-order valence-corrected chi connectivity index (χ1v) is 8.75. The fourth-order valence-electron chi connectivity index (χ4n) is 1.90. The van der Waals surface area contributed by atoms with E-state index in [9.17, 15) is 8.42 Å². The predicted octanol–water partition coefficient (Wildman–Crippen LogP) is 0.921. The van der Waals surface area contributed by atoms with Crippen molar-refractivity contribution in [2.45, 2.75) is 51.7 Å². The third kappa shape index (κ3) is 5.39. The standard InChI is InChI=1S/C13H26N4O3S/c1-5-7-14-8-12-11(4)15-16-13(12)21(18,19)17-10(3)9-20-6-2/h10,14,17H,5-9H2,1-4H3,(H,15,16). The summed E-state index contributed by atoms with van der Waals surface area (Å²) in [7, 11) is -3.65. The number of ether oxygens (including phenoxy) is 1. The van der Waals surface area contributed by atoms with E-state index in [1.807, 2.05) is 13.8 Å². The molecule has 1 aromatic heterocycles. The summed E-state index contributed by atoms with van der Waals surface area (Å²) in [6.07, 6.45) is 0.989. The number of nitrogens with one attached hydrogen (secondary N) is 3. The third-order valence-corrected chi connectivity index (χ3v) is 4.51. The molecule has 7 nitrogen and oxygen atoms in total. The van der Waals surface area contributed by atoms with Gasteiger partial charge in [-0.25, -0.2) is 13.1 Å². The van der Waals surface area contributed by atoms with Gasteiger partial charge in [0.15, 0.2) is 5.03 Å². The number of hydrogen-bond donors (Lipinski definition) is 3. The number of rotatable bonds is 10.